The maximum Gasteiger partial charge on any atom is 0.283 e. The number of hydrogen-bond donors (Lipinski definition) is 1. The van der Waals surface area contributed by atoms with Gasteiger partial charge >= 0.3 is 0 Å². The highest BCUT2D eigenvalue weighted by Gasteiger charge is 2.23. The summed E-state index contributed by atoms with van der Waals surface area (Å²) in [7, 11) is 0. The fourth-order valence-corrected chi connectivity index (χ4v) is 3.94. The molecule has 1 saturated heterocycles. The minimum atomic E-state index is -0.0176. The van der Waals surface area contributed by atoms with Crippen molar-refractivity contribution < 1.29 is 0 Å². The first-order valence-corrected chi connectivity index (χ1v) is 8.69. The van der Waals surface area contributed by atoms with E-state index in [4.69, 9.17) is 0 Å². The summed E-state index contributed by atoms with van der Waals surface area (Å²) >= 11 is 5.42. The van der Waals surface area contributed by atoms with Gasteiger partial charge in [0, 0.05) is 18.3 Å². The summed E-state index contributed by atoms with van der Waals surface area (Å²) in [6, 6.07) is 0. The minimum absolute atomic E-state index is 0.0176. The summed E-state index contributed by atoms with van der Waals surface area (Å²) in [5, 5.41) is 8.29. The second-order valence-electron chi connectivity index (χ2n) is 5.32. The van der Waals surface area contributed by atoms with Crippen molar-refractivity contribution >= 4 is 33.4 Å². The summed E-state index contributed by atoms with van der Waals surface area (Å²) in [5.41, 5.74) is 0.806. The molecule has 1 aliphatic carbocycles. The number of halogens is 1. The summed E-state index contributed by atoms with van der Waals surface area (Å²) in [4.78, 5) is 12.2. The SMILES string of the molecule is O=c1c(Br)c(NCC2CCCS2)cnn1CC1CC1. The molecule has 1 aliphatic heterocycles. The largest absolute Gasteiger partial charge is 0.382 e. The van der Waals surface area contributed by atoms with Crippen LogP contribution in [-0.2, 0) is 6.54 Å². The molecule has 3 rings (SSSR count). The van der Waals surface area contributed by atoms with Crippen LogP contribution in [0.2, 0.25) is 0 Å². The molecule has 2 aliphatic rings. The summed E-state index contributed by atoms with van der Waals surface area (Å²) in [6.45, 7) is 1.67. The van der Waals surface area contributed by atoms with E-state index in [2.05, 4.69) is 26.3 Å². The predicted molar refractivity (Wildman–Crippen MR) is 82.9 cm³/mol. The number of anilines is 1. The van der Waals surface area contributed by atoms with Crippen molar-refractivity contribution in [3.05, 3.63) is 21.0 Å². The van der Waals surface area contributed by atoms with Gasteiger partial charge in [-0.05, 0) is 53.3 Å². The Labute approximate surface area is 125 Å². The lowest BCUT2D eigenvalue weighted by Crippen LogP contribution is -2.26. The molecule has 1 atom stereocenters. The number of rotatable bonds is 5. The minimum Gasteiger partial charge on any atom is -0.382 e. The van der Waals surface area contributed by atoms with Crippen LogP contribution in [0, 0.1) is 5.92 Å². The van der Waals surface area contributed by atoms with Crippen LogP contribution in [0.5, 0.6) is 0 Å². The van der Waals surface area contributed by atoms with Gasteiger partial charge in [0.15, 0.2) is 0 Å². The van der Waals surface area contributed by atoms with Crippen molar-refractivity contribution in [2.75, 3.05) is 17.6 Å². The lowest BCUT2D eigenvalue weighted by atomic mass is 10.2. The zero-order valence-electron chi connectivity index (χ0n) is 10.8. The highest BCUT2D eigenvalue weighted by Crippen LogP contribution is 2.30. The quantitative estimate of drug-likeness (QED) is 0.892. The first kappa shape index (κ1) is 13.5. The van der Waals surface area contributed by atoms with Crippen molar-refractivity contribution in [2.45, 2.75) is 37.5 Å². The maximum atomic E-state index is 12.2. The van der Waals surface area contributed by atoms with E-state index in [9.17, 15) is 4.79 Å². The van der Waals surface area contributed by atoms with E-state index in [-0.39, 0.29) is 5.56 Å². The van der Waals surface area contributed by atoms with Gasteiger partial charge in [-0.25, -0.2) is 4.68 Å². The second-order valence-corrected chi connectivity index (χ2v) is 7.52. The third-order valence-corrected chi connectivity index (χ3v) is 5.82. The Bertz CT molecular complexity index is 509. The van der Waals surface area contributed by atoms with Crippen molar-refractivity contribution in [1.29, 1.82) is 0 Å². The van der Waals surface area contributed by atoms with Gasteiger partial charge in [0.1, 0.15) is 4.47 Å². The molecule has 6 heteroatoms. The molecule has 0 aromatic carbocycles. The van der Waals surface area contributed by atoms with Gasteiger partial charge in [0.25, 0.3) is 5.56 Å². The first-order valence-electron chi connectivity index (χ1n) is 6.85. The molecule has 1 aromatic rings. The van der Waals surface area contributed by atoms with Crippen LogP contribution >= 0.6 is 27.7 Å². The Morgan fingerprint density at radius 3 is 3.00 bits per heavy atom. The molecule has 0 amide bonds. The van der Waals surface area contributed by atoms with Crippen molar-refractivity contribution in [3.8, 4) is 0 Å². The van der Waals surface area contributed by atoms with E-state index in [0.717, 1.165) is 18.8 Å². The number of nitrogens with one attached hydrogen (secondary N) is 1. The fourth-order valence-electron chi connectivity index (χ4n) is 2.29. The van der Waals surface area contributed by atoms with Gasteiger partial charge in [-0.2, -0.15) is 16.9 Å². The molecule has 1 saturated carbocycles. The predicted octanol–water partition coefficient (Wildman–Crippen LogP) is 2.72. The van der Waals surface area contributed by atoms with Gasteiger partial charge in [0.05, 0.1) is 11.9 Å². The van der Waals surface area contributed by atoms with E-state index < -0.39 is 0 Å². The standard InChI is InChI=1S/C13H18BrN3OS/c14-12-11(15-6-10-2-1-5-19-10)7-16-17(13(12)18)8-9-3-4-9/h7,9-10,15H,1-6,8H2. The monoisotopic (exact) mass is 343 g/mol. The van der Waals surface area contributed by atoms with Gasteiger partial charge in [-0.3, -0.25) is 4.79 Å². The zero-order valence-corrected chi connectivity index (χ0v) is 13.2. The molecule has 4 nitrogen and oxygen atoms in total. The molecular weight excluding hydrogens is 326 g/mol. The van der Waals surface area contributed by atoms with Gasteiger partial charge in [0.2, 0.25) is 0 Å². The third kappa shape index (κ3) is 3.34. The summed E-state index contributed by atoms with van der Waals surface area (Å²) in [6.07, 6.45) is 6.80. The number of nitrogens with zero attached hydrogens (tertiary/aromatic N) is 2. The lowest BCUT2D eigenvalue weighted by molar-refractivity contribution is 0.532. The van der Waals surface area contributed by atoms with Crippen LogP contribution in [0.4, 0.5) is 5.69 Å². The van der Waals surface area contributed by atoms with Crippen LogP contribution < -0.4 is 10.9 Å². The zero-order chi connectivity index (χ0) is 13.2. The van der Waals surface area contributed by atoms with Gasteiger partial charge in [-0.15, -0.1) is 0 Å². The average Bonchev–Trinajstić information content (AvgIpc) is 3.07. The fraction of sp³-hybridized carbons (Fsp3) is 0.692. The van der Waals surface area contributed by atoms with Gasteiger partial charge < -0.3 is 5.32 Å². The number of aromatic nitrogens is 2. The maximum absolute atomic E-state index is 12.2. The number of hydrogen-bond acceptors (Lipinski definition) is 4. The molecule has 2 fully saturated rings. The molecule has 1 unspecified atom stereocenters. The topological polar surface area (TPSA) is 46.9 Å². The summed E-state index contributed by atoms with van der Waals surface area (Å²) < 4.78 is 2.20. The molecule has 1 N–H and O–H groups in total. The molecule has 0 radical (unpaired) electrons. The molecule has 1 aromatic heterocycles. The lowest BCUT2D eigenvalue weighted by Gasteiger charge is -2.13. The van der Waals surface area contributed by atoms with Crippen molar-refractivity contribution in [3.63, 3.8) is 0 Å². The van der Waals surface area contributed by atoms with Gasteiger partial charge in [-0.1, -0.05) is 0 Å². The van der Waals surface area contributed by atoms with Crippen molar-refractivity contribution in [1.82, 2.24) is 9.78 Å². The average molecular weight is 344 g/mol. The van der Waals surface area contributed by atoms with Crippen LogP contribution in [0.1, 0.15) is 25.7 Å². The molecule has 2 heterocycles. The Kier molecular flexibility index (Phi) is 4.17. The Balaban J connectivity index is 1.67. The van der Waals surface area contributed by atoms with E-state index in [1.54, 1.807) is 10.9 Å². The first-order chi connectivity index (χ1) is 9.24. The molecule has 19 heavy (non-hydrogen) atoms. The van der Waals surface area contributed by atoms with E-state index >= 15 is 0 Å². The molecule has 104 valence electrons. The van der Waals surface area contributed by atoms with Crippen LogP contribution in [-0.4, -0.2) is 27.3 Å². The third-order valence-electron chi connectivity index (χ3n) is 3.66. The van der Waals surface area contributed by atoms with E-state index in [0.29, 0.717) is 15.6 Å². The second kappa shape index (κ2) is 5.87. The Morgan fingerprint density at radius 2 is 2.32 bits per heavy atom. The Morgan fingerprint density at radius 1 is 1.47 bits per heavy atom. The van der Waals surface area contributed by atoms with E-state index in [1.165, 1.54) is 31.4 Å². The highest BCUT2D eigenvalue weighted by molar-refractivity contribution is 9.10. The Hall–Kier alpha value is -0.490. The highest BCUT2D eigenvalue weighted by atomic mass is 79.9. The van der Waals surface area contributed by atoms with Crippen LogP contribution in [0.25, 0.3) is 0 Å². The molecular formula is C13H18BrN3OS. The summed E-state index contributed by atoms with van der Waals surface area (Å²) in [5.74, 6) is 1.92. The van der Waals surface area contributed by atoms with Crippen LogP contribution in [0.15, 0.2) is 15.5 Å². The van der Waals surface area contributed by atoms with Crippen LogP contribution in [0.3, 0.4) is 0 Å². The molecule has 0 spiro atoms. The number of thioether (sulfide) groups is 1. The smallest absolute Gasteiger partial charge is 0.283 e. The molecule has 0 bridgehead atoms. The normalized spacial score (nSPS) is 22.7. The van der Waals surface area contributed by atoms with Crippen molar-refractivity contribution in [2.24, 2.45) is 5.92 Å². The van der Waals surface area contributed by atoms with E-state index in [1.807, 2.05) is 11.8 Å².